The monoisotopic (exact) mass is 393 g/mol. The summed E-state index contributed by atoms with van der Waals surface area (Å²) in [5, 5.41) is 1.85. The number of thiazole rings is 1. The van der Waals surface area contributed by atoms with E-state index in [1.165, 1.54) is 41.0 Å². The number of thioether (sulfide) groups is 1. The highest BCUT2D eigenvalue weighted by Crippen LogP contribution is 2.63. The molecule has 2 nitrogen and oxygen atoms in total. The Morgan fingerprint density at radius 3 is 2.73 bits per heavy atom. The molecule has 1 aromatic heterocycles. The zero-order valence-corrected chi connectivity index (χ0v) is 15.1. The van der Waals surface area contributed by atoms with Gasteiger partial charge >= 0.3 is 4.87 Å². The average Bonchev–Trinajstić information content (AvgIpc) is 3.19. The number of aromatic nitrogens is 1. The molecule has 2 aromatic rings. The van der Waals surface area contributed by atoms with E-state index in [1.54, 1.807) is 0 Å². The number of aromatic amines is 1. The van der Waals surface area contributed by atoms with Crippen LogP contribution in [0.1, 0.15) is 35.6 Å². The molecule has 0 radical (unpaired) electrons. The average molecular weight is 394 g/mol. The predicted molar refractivity (Wildman–Crippen MR) is 94.9 cm³/mol. The van der Waals surface area contributed by atoms with E-state index >= 15 is 0 Å². The fraction of sp³-hybridized carbons (Fsp3) is 0.471. The quantitative estimate of drug-likeness (QED) is 0.750. The lowest BCUT2D eigenvalue weighted by molar-refractivity contribution is 0.307. The van der Waals surface area contributed by atoms with Crippen molar-refractivity contribution in [2.75, 3.05) is 0 Å². The maximum atomic E-state index is 11.9. The Balaban J connectivity index is 1.68. The van der Waals surface area contributed by atoms with Gasteiger partial charge in [0.05, 0.1) is 5.03 Å². The first-order valence-electron chi connectivity index (χ1n) is 7.86. The van der Waals surface area contributed by atoms with Gasteiger partial charge in [-0.1, -0.05) is 39.4 Å². The van der Waals surface area contributed by atoms with Crippen molar-refractivity contribution in [2.24, 2.45) is 17.8 Å². The van der Waals surface area contributed by atoms with Gasteiger partial charge in [-0.05, 0) is 54.7 Å². The van der Waals surface area contributed by atoms with Gasteiger partial charge in [-0.3, -0.25) is 4.79 Å². The fourth-order valence-corrected chi connectivity index (χ4v) is 8.05. The maximum absolute atomic E-state index is 11.9. The Kier molecular flexibility index (Phi) is 3.15. The van der Waals surface area contributed by atoms with Crippen LogP contribution in [0.25, 0.3) is 0 Å². The first-order valence-corrected chi connectivity index (χ1v) is 10.3. The highest BCUT2D eigenvalue weighted by Gasteiger charge is 2.54. The minimum absolute atomic E-state index is 0.104. The Labute approximate surface area is 145 Å². The van der Waals surface area contributed by atoms with Gasteiger partial charge in [0, 0.05) is 20.5 Å². The van der Waals surface area contributed by atoms with Crippen LogP contribution in [0.3, 0.4) is 0 Å². The van der Waals surface area contributed by atoms with Gasteiger partial charge in [0.1, 0.15) is 0 Å². The van der Waals surface area contributed by atoms with Gasteiger partial charge in [0.2, 0.25) is 0 Å². The molecule has 2 aliphatic carbocycles. The zero-order valence-electron chi connectivity index (χ0n) is 11.9. The van der Waals surface area contributed by atoms with Crippen LogP contribution in [0.5, 0.6) is 0 Å². The molecule has 0 spiro atoms. The molecule has 1 aliphatic heterocycles. The molecule has 2 heterocycles. The highest BCUT2D eigenvalue weighted by molar-refractivity contribution is 9.10. The summed E-state index contributed by atoms with van der Waals surface area (Å²) in [4.78, 5) is 16.4. The lowest BCUT2D eigenvalue weighted by atomic mass is 9.75. The summed E-state index contributed by atoms with van der Waals surface area (Å²) in [6.07, 6.45) is 4.16. The Morgan fingerprint density at radius 2 is 1.91 bits per heavy atom. The van der Waals surface area contributed by atoms with Crippen LogP contribution in [-0.2, 0) is 0 Å². The predicted octanol–water partition coefficient (Wildman–Crippen LogP) is 4.85. The number of hydrogen-bond donors (Lipinski definition) is 1. The number of rotatable bonds is 1. The summed E-state index contributed by atoms with van der Waals surface area (Å²) < 4.78 is 1.12. The van der Waals surface area contributed by atoms with E-state index in [0.717, 1.165) is 21.3 Å². The molecule has 1 N–H and O–H groups in total. The van der Waals surface area contributed by atoms with Crippen molar-refractivity contribution in [3.63, 3.8) is 0 Å². The molecule has 0 amide bonds. The van der Waals surface area contributed by atoms with Gasteiger partial charge in [-0.15, -0.1) is 11.8 Å². The molecule has 5 atom stereocenters. The van der Waals surface area contributed by atoms with Crippen molar-refractivity contribution in [2.45, 2.75) is 35.5 Å². The molecule has 3 aliphatic rings. The third kappa shape index (κ3) is 1.95. The second kappa shape index (κ2) is 4.99. The van der Waals surface area contributed by atoms with Crippen molar-refractivity contribution in [3.05, 3.63) is 48.8 Å². The zero-order chi connectivity index (χ0) is 14.8. The number of nitrogens with one attached hydrogen (secondary N) is 1. The number of halogens is 1. The molecular weight excluding hydrogens is 378 g/mol. The summed E-state index contributed by atoms with van der Waals surface area (Å²) in [5.41, 5.74) is 1.38. The van der Waals surface area contributed by atoms with Crippen LogP contribution in [0.15, 0.2) is 38.6 Å². The molecule has 0 saturated heterocycles. The molecule has 1 aromatic carbocycles. The van der Waals surface area contributed by atoms with Gasteiger partial charge in [-0.25, -0.2) is 0 Å². The lowest BCUT2D eigenvalue weighted by Gasteiger charge is -2.40. The Bertz CT molecular complexity index is 781. The second-order valence-electron chi connectivity index (χ2n) is 6.73. The van der Waals surface area contributed by atoms with Crippen molar-refractivity contribution in [1.29, 1.82) is 0 Å². The molecular formula is C17H16BrNOS2. The first kappa shape index (κ1) is 13.9. The number of fused-ring (bicyclic) bond motifs is 6. The Morgan fingerprint density at radius 1 is 1.14 bits per heavy atom. The van der Waals surface area contributed by atoms with Crippen molar-refractivity contribution in [3.8, 4) is 0 Å². The SMILES string of the molecule is O=c1[nH]c2c(s1)[C@H](c1ccc(Br)cc1)[C@@H]1[C@@H]3CC[C@@H](C3)[C@@H]1S2. The van der Waals surface area contributed by atoms with E-state index in [2.05, 4.69) is 45.2 Å². The van der Waals surface area contributed by atoms with E-state index in [0.29, 0.717) is 17.1 Å². The largest absolute Gasteiger partial charge is 0.307 e. The van der Waals surface area contributed by atoms with Crippen molar-refractivity contribution in [1.82, 2.24) is 4.98 Å². The van der Waals surface area contributed by atoms with Gasteiger partial charge in [0.15, 0.2) is 0 Å². The minimum Gasteiger partial charge on any atom is -0.307 e. The molecule has 2 saturated carbocycles. The van der Waals surface area contributed by atoms with Crippen LogP contribution in [0.2, 0.25) is 0 Å². The van der Waals surface area contributed by atoms with E-state index in [1.807, 2.05) is 11.8 Å². The molecule has 2 bridgehead atoms. The van der Waals surface area contributed by atoms with E-state index in [-0.39, 0.29) is 4.87 Å². The van der Waals surface area contributed by atoms with Crippen LogP contribution < -0.4 is 4.87 Å². The summed E-state index contributed by atoms with van der Waals surface area (Å²) in [6, 6.07) is 8.74. The van der Waals surface area contributed by atoms with Crippen molar-refractivity contribution >= 4 is 39.0 Å². The molecule has 5 rings (SSSR count). The van der Waals surface area contributed by atoms with E-state index in [9.17, 15) is 4.79 Å². The van der Waals surface area contributed by atoms with Gasteiger partial charge in [0.25, 0.3) is 0 Å². The summed E-state index contributed by atoms with van der Waals surface area (Å²) in [6.45, 7) is 0. The van der Waals surface area contributed by atoms with Crippen LogP contribution in [0, 0.1) is 17.8 Å². The third-order valence-electron chi connectivity index (χ3n) is 5.69. The Hall–Kier alpha value is -0.520. The normalized spacial score (nSPS) is 35.4. The summed E-state index contributed by atoms with van der Waals surface area (Å²) in [7, 11) is 0. The van der Waals surface area contributed by atoms with E-state index < -0.39 is 0 Å². The third-order valence-corrected chi connectivity index (χ3v) is 8.85. The number of benzene rings is 1. The topological polar surface area (TPSA) is 32.9 Å². The van der Waals surface area contributed by atoms with Gasteiger partial charge < -0.3 is 4.98 Å². The molecule has 5 heteroatoms. The molecule has 2 fully saturated rings. The van der Waals surface area contributed by atoms with Crippen LogP contribution in [0.4, 0.5) is 0 Å². The minimum atomic E-state index is 0.104. The maximum Gasteiger partial charge on any atom is 0.305 e. The number of hydrogen-bond acceptors (Lipinski definition) is 3. The van der Waals surface area contributed by atoms with Crippen LogP contribution in [-0.4, -0.2) is 10.2 Å². The van der Waals surface area contributed by atoms with Crippen molar-refractivity contribution < 1.29 is 0 Å². The molecule has 0 unspecified atom stereocenters. The molecule has 22 heavy (non-hydrogen) atoms. The second-order valence-corrected chi connectivity index (χ2v) is 9.85. The lowest BCUT2D eigenvalue weighted by Crippen LogP contribution is -2.33. The first-order chi connectivity index (χ1) is 10.7. The van der Waals surface area contributed by atoms with Crippen LogP contribution >= 0.6 is 39.0 Å². The molecule has 114 valence electrons. The smallest absolute Gasteiger partial charge is 0.305 e. The summed E-state index contributed by atoms with van der Waals surface area (Å²) >= 11 is 6.93. The van der Waals surface area contributed by atoms with Gasteiger partial charge in [-0.2, -0.15) is 0 Å². The van der Waals surface area contributed by atoms with E-state index in [4.69, 9.17) is 0 Å². The number of H-pyrrole nitrogens is 1. The highest BCUT2D eigenvalue weighted by atomic mass is 79.9. The standard InChI is InChI=1S/C17H16BrNOS2/c18-11-5-3-8(4-6-11)12-13-9-1-2-10(7-9)14(13)21-16-15(12)22-17(20)19-16/h3-6,9-10,12-14H,1-2,7H2,(H,19,20)/t9-,10+,12-,13+,14+/m1/s1. The summed E-state index contributed by atoms with van der Waals surface area (Å²) in [5.74, 6) is 2.83. The fourth-order valence-electron chi connectivity index (χ4n) is 4.89.